The Kier molecular flexibility index (Phi) is 10.4. The lowest BCUT2D eigenvalue weighted by Crippen LogP contribution is -2.31. The summed E-state index contributed by atoms with van der Waals surface area (Å²) < 4.78 is 0. The molecule has 1 unspecified atom stereocenters. The van der Waals surface area contributed by atoms with Crippen LogP contribution in [-0.4, -0.2) is 11.9 Å². The number of amides is 1. The normalized spacial score (nSPS) is 12.1. The van der Waals surface area contributed by atoms with E-state index >= 15 is 0 Å². The van der Waals surface area contributed by atoms with Crippen molar-refractivity contribution in [2.75, 3.05) is 0 Å². The number of nitrogens with one attached hydrogen (secondary N) is 1. The van der Waals surface area contributed by atoms with Crippen LogP contribution in [0.15, 0.2) is 23.3 Å². The van der Waals surface area contributed by atoms with Crippen LogP contribution in [0, 0.1) is 0 Å². The maximum Gasteiger partial charge on any atom is 0.217 e. The van der Waals surface area contributed by atoms with Gasteiger partial charge in [-0.1, -0.05) is 37.1 Å². The summed E-state index contributed by atoms with van der Waals surface area (Å²) in [4.78, 5) is 10.7. The monoisotopic (exact) mass is 211 g/mol. The molecule has 2 nitrogen and oxygen atoms in total. The van der Waals surface area contributed by atoms with Crippen LogP contribution in [0.4, 0.5) is 0 Å². The van der Waals surface area contributed by atoms with Crippen molar-refractivity contribution in [3.05, 3.63) is 23.3 Å². The second kappa shape index (κ2) is 9.50. The second-order valence-electron chi connectivity index (χ2n) is 3.58. The van der Waals surface area contributed by atoms with Crippen LogP contribution in [0.1, 0.15) is 48.5 Å². The number of hydrogen-bond acceptors (Lipinski definition) is 1. The molecule has 0 bridgehead atoms. The first-order valence-corrected chi connectivity index (χ1v) is 5.52. The molecule has 0 saturated heterocycles. The lowest BCUT2D eigenvalue weighted by molar-refractivity contribution is -0.119. The smallest absolute Gasteiger partial charge is 0.217 e. The highest BCUT2D eigenvalue weighted by molar-refractivity contribution is 5.73. The summed E-state index contributed by atoms with van der Waals surface area (Å²) in [5.41, 5.74) is 2.42. The van der Waals surface area contributed by atoms with E-state index in [9.17, 15) is 4.79 Å². The maximum atomic E-state index is 10.7. The second-order valence-corrected chi connectivity index (χ2v) is 3.58. The Labute approximate surface area is 94.5 Å². The van der Waals surface area contributed by atoms with Crippen molar-refractivity contribution in [1.29, 1.82) is 0 Å². The molecule has 0 aliphatic rings. The van der Waals surface area contributed by atoms with Crippen LogP contribution < -0.4 is 5.32 Å². The Bertz CT molecular complexity index is 235. The summed E-state index contributed by atoms with van der Waals surface area (Å²) in [5, 5.41) is 2.83. The van der Waals surface area contributed by atoms with E-state index in [0.29, 0.717) is 0 Å². The van der Waals surface area contributed by atoms with E-state index in [0.717, 1.165) is 5.57 Å². The SMILES string of the molecule is CC.CC(=O)NC(C)/C(C)=C/C=C(C)C. The highest BCUT2D eigenvalue weighted by Gasteiger charge is 2.03. The van der Waals surface area contributed by atoms with Crippen molar-refractivity contribution in [3.63, 3.8) is 0 Å². The largest absolute Gasteiger partial charge is 0.350 e. The van der Waals surface area contributed by atoms with Crippen LogP contribution in [0.2, 0.25) is 0 Å². The van der Waals surface area contributed by atoms with E-state index in [2.05, 4.69) is 5.32 Å². The molecule has 0 spiro atoms. The van der Waals surface area contributed by atoms with Gasteiger partial charge in [0.05, 0.1) is 0 Å². The van der Waals surface area contributed by atoms with E-state index in [4.69, 9.17) is 0 Å². The number of hydrogen-bond donors (Lipinski definition) is 1. The zero-order chi connectivity index (χ0) is 12.4. The van der Waals surface area contributed by atoms with Crippen molar-refractivity contribution in [1.82, 2.24) is 5.32 Å². The van der Waals surface area contributed by atoms with Crippen LogP contribution >= 0.6 is 0 Å². The van der Waals surface area contributed by atoms with Crippen molar-refractivity contribution in [2.24, 2.45) is 0 Å². The lowest BCUT2D eigenvalue weighted by atomic mass is 10.1. The van der Waals surface area contributed by atoms with Crippen molar-refractivity contribution in [3.8, 4) is 0 Å². The fourth-order valence-corrected chi connectivity index (χ4v) is 0.861. The Balaban J connectivity index is 0. The molecule has 2 heteroatoms. The average molecular weight is 211 g/mol. The van der Waals surface area contributed by atoms with Gasteiger partial charge in [0.2, 0.25) is 5.91 Å². The Morgan fingerprint density at radius 2 is 1.53 bits per heavy atom. The molecule has 0 aromatic rings. The number of rotatable bonds is 3. The topological polar surface area (TPSA) is 29.1 Å². The third kappa shape index (κ3) is 10.9. The van der Waals surface area contributed by atoms with Crippen LogP contribution in [0.5, 0.6) is 0 Å². The molecule has 0 rings (SSSR count). The summed E-state index contributed by atoms with van der Waals surface area (Å²) in [6.45, 7) is 13.6. The van der Waals surface area contributed by atoms with Crippen LogP contribution in [0.3, 0.4) is 0 Å². The van der Waals surface area contributed by atoms with Gasteiger partial charge in [0, 0.05) is 13.0 Å². The fourth-order valence-electron chi connectivity index (χ4n) is 0.861. The molecule has 0 saturated carbocycles. The van der Waals surface area contributed by atoms with Gasteiger partial charge in [-0.15, -0.1) is 0 Å². The molecule has 1 atom stereocenters. The summed E-state index contributed by atoms with van der Waals surface area (Å²) >= 11 is 0. The minimum absolute atomic E-state index is 0.0115. The molecule has 15 heavy (non-hydrogen) atoms. The molecule has 0 aliphatic heterocycles. The molecule has 1 amide bonds. The van der Waals surface area contributed by atoms with Crippen LogP contribution in [-0.2, 0) is 4.79 Å². The highest BCUT2D eigenvalue weighted by atomic mass is 16.1. The van der Waals surface area contributed by atoms with Gasteiger partial charge in [0.25, 0.3) is 0 Å². The van der Waals surface area contributed by atoms with Crippen molar-refractivity contribution >= 4 is 5.91 Å². The van der Waals surface area contributed by atoms with E-state index in [1.165, 1.54) is 12.5 Å². The third-order valence-corrected chi connectivity index (χ3v) is 1.78. The predicted octanol–water partition coefficient (Wildman–Crippen LogP) is 3.45. The van der Waals surface area contributed by atoms with Gasteiger partial charge in [-0.3, -0.25) is 4.79 Å². The van der Waals surface area contributed by atoms with Gasteiger partial charge in [-0.25, -0.2) is 0 Å². The summed E-state index contributed by atoms with van der Waals surface area (Å²) in [6, 6.07) is 0.119. The van der Waals surface area contributed by atoms with Gasteiger partial charge in [0.15, 0.2) is 0 Å². The molecule has 0 heterocycles. The first-order valence-electron chi connectivity index (χ1n) is 5.52. The summed E-state index contributed by atoms with van der Waals surface area (Å²) in [5.74, 6) is 0.0115. The van der Waals surface area contributed by atoms with Gasteiger partial charge >= 0.3 is 0 Å². The first-order chi connectivity index (χ1) is 6.93. The van der Waals surface area contributed by atoms with Gasteiger partial charge in [-0.2, -0.15) is 0 Å². The first kappa shape index (κ1) is 16.4. The maximum absolute atomic E-state index is 10.7. The molecule has 0 fully saturated rings. The number of allylic oxidation sites excluding steroid dienone is 3. The number of carbonyl (C=O) groups excluding carboxylic acids is 1. The molecule has 0 aliphatic carbocycles. The third-order valence-electron chi connectivity index (χ3n) is 1.78. The Hall–Kier alpha value is -1.05. The molecule has 0 aromatic heterocycles. The molecular formula is C13H25NO. The minimum atomic E-state index is 0.0115. The van der Waals surface area contributed by atoms with E-state index < -0.39 is 0 Å². The molecule has 88 valence electrons. The lowest BCUT2D eigenvalue weighted by Gasteiger charge is -2.12. The van der Waals surface area contributed by atoms with Crippen LogP contribution in [0.25, 0.3) is 0 Å². The molecule has 1 N–H and O–H groups in total. The number of carbonyl (C=O) groups is 1. The van der Waals surface area contributed by atoms with E-state index in [1.807, 2.05) is 53.7 Å². The standard InChI is InChI=1S/C11H19NO.C2H6/c1-8(2)6-7-9(3)10(4)12-11(5)13;1-2/h6-7,10H,1-5H3,(H,12,13);1-2H3/b9-7+;. The molecular weight excluding hydrogens is 186 g/mol. The van der Waals surface area contributed by atoms with Gasteiger partial charge in [0.1, 0.15) is 0 Å². The Morgan fingerprint density at radius 3 is 1.87 bits per heavy atom. The predicted molar refractivity (Wildman–Crippen MR) is 67.8 cm³/mol. The van der Waals surface area contributed by atoms with Gasteiger partial charge < -0.3 is 5.32 Å². The molecule has 0 aromatic carbocycles. The highest BCUT2D eigenvalue weighted by Crippen LogP contribution is 2.02. The zero-order valence-corrected chi connectivity index (χ0v) is 11.1. The average Bonchev–Trinajstić information content (AvgIpc) is 2.16. The summed E-state index contributed by atoms with van der Waals surface area (Å²) in [7, 11) is 0. The summed E-state index contributed by atoms with van der Waals surface area (Å²) in [6.07, 6.45) is 4.09. The van der Waals surface area contributed by atoms with E-state index in [1.54, 1.807) is 0 Å². The van der Waals surface area contributed by atoms with Gasteiger partial charge in [-0.05, 0) is 27.7 Å². The minimum Gasteiger partial charge on any atom is -0.350 e. The Morgan fingerprint density at radius 1 is 1.07 bits per heavy atom. The van der Waals surface area contributed by atoms with Crippen molar-refractivity contribution < 1.29 is 4.79 Å². The zero-order valence-electron chi connectivity index (χ0n) is 11.1. The quantitative estimate of drug-likeness (QED) is 0.712. The molecule has 0 radical (unpaired) electrons. The van der Waals surface area contributed by atoms with Crippen molar-refractivity contribution in [2.45, 2.75) is 54.5 Å². The fraction of sp³-hybridized carbons (Fsp3) is 0.615. The van der Waals surface area contributed by atoms with E-state index in [-0.39, 0.29) is 11.9 Å².